The molecule has 0 bridgehead atoms. The van der Waals surface area contributed by atoms with E-state index in [0.717, 1.165) is 0 Å². The molecule has 0 aliphatic carbocycles. The van der Waals surface area contributed by atoms with Crippen LogP contribution in [0, 0.1) is 0 Å². The minimum absolute atomic E-state index is 1.17. The van der Waals surface area contributed by atoms with E-state index in [1.165, 1.54) is 33.6 Å². The molecule has 0 aliphatic heterocycles. The molecule has 25 heavy (non-hydrogen) atoms. The Balaban J connectivity index is 2.32. The fourth-order valence-electron chi connectivity index (χ4n) is 3.43. The molecule has 0 spiro atoms. The Bertz CT molecular complexity index is 691. The molecule has 0 amide bonds. The molecule has 0 radical (unpaired) electrons. The molecule has 0 fully saturated rings. The van der Waals surface area contributed by atoms with E-state index in [9.17, 15) is 0 Å². The third kappa shape index (κ3) is 3.54. The van der Waals surface area contributed by atoms with Crippen LogP contribution in [0.5, 0.6) is 0 Å². The summed E-state index contributed by atoms with van der Waals surface area (Å²) in [5.41, 5.74) is 0. The first-order chi connectivity index (χ1) is 12.2. The standard InChI is InChI=1S/C22H24IPS/c1-2-25-19-18-24(23,20-12-6-3-7-13-20,21-14-8-4-9-15-21)22-16-10-5-11-17-22/h3-17H,2,18-19H2,1H3. The molecule has 0 unspecified atom stereocenters. The average molecular weight is 478 g/mol. The maximum absolute atomic E-state index is 2.86. The van der Waals surface area contributed by atoms with Gasteiger partial charge in [0.1, 0.15) is 0 Å². The summed E-state index contributed by atoms with van der Waals surface area (Å²) in [6, 6.07) is 33.5. The fraction of sp³-hybridized carbons (Fsp3) is 0.182. The van der Waals surface area contributed by atoms with Crippen molar-refractivity contribution in [1.82, 2.24) is 0 Å². The zero-order valence-electron chi connectivity index (χ0n) is 14.5. The van der Waals surface area contributed by atoms with Crippen molar-refractivity contribution >= 4 is 54.0 Å². The molecule has 3 heteroatoms. The van der Waals surface area contributed by atoms with Crippen LogP contribution < -0.4 is 15.9 Å². The van der Waals surface area contributed by atoms with E-state index in [4.69, 9.17) is 0 Å². The molecule has 0 atom stereocenters. The van der Waals surface area contributed by atoms with E-state index in [1.807, 2.05) is 11.8 Å². The van der Waals surface area contributed by atoms with E-state index in [0.29, 0.717) is 0 Å². The molecule has 0 N–H and O–H groups in total. The summed E-state index contributed by atoms with van der Waals surface area (Å²) in [4.78, 5) is 0. The minimum atomic E-state index is -2.52. The first-order valence-corrected chi connectivity index (χ1v) is 15.0. The zero-order valence-corrected chi connectivity index (χ0v) is 18.4. The molecule has 130 valence electrons. The number of hydrogen-bond donors (Lipinski definition) is 0. The summed E-state index contributed by atoms with van der Waals surface area (Å²) < 4.78 is -2.52. The van der Waals surface area contributed by atoms with Crippen LogP contribution in [-0.4, -0.2) is 17.7 Å². The Labute approximate surface area is 168 Å². The van der Waals surface area contributed by atoms with Gasteiger partial charge in [-0.1, -0.05) is 0 Å². The molecule has 3 aromatic rings. The van der Waals surface area contributed by atoms with Gasteiger partial charge in [0.25, 0.3) is 0 Å². The van der Waals surface area contributed by atoms with Crippen LogP contribution in [-0.2, 0) is 0 Å². The van der Waals surface area contributed by atoms with Gasteiger partial charge in [0.05, 0.1) is 0 Å². The summed E-state index contributed by atoms with van der Waals surface area (Å²) in [5.74, 6) is 2.34. The Kier molecular flexibility index (Phi) is 6.25. The summed E-state index contributed by atoms with van der Waals surface area (Å²) in [5, 5.41) is 4.43. The van der Waals surface area contributed by atoms with Crippen molar-refractivity contribution < 1.29 is 0 Å². The molecule has 0 saturated heterocycles. The summed E-state index contributed by atoms with van der Waals surface area (Å²) in [6.07, 6.45) is 1.18. The number of thioether (sulfide) groups is 1. The molecular formula is C22H24IPS. The molecular weight excluding hydrogens is 454 g/mol. The van der Waals surface area contributed by atoms with Crippen molar-refractivity contribution in [3.05, 3.63) is 91.0 Å². The third-order valence-corrected chi connectivity index (χ3v) is 17.6. The molecule has 3 aromatic carbocycles. The third-order valence-electron chi connectivity index (χ3n) is 4.74. The Morgan fingerprint density at radius 3 is 1.36 bits per heavy atom. The molecule has 0 aliphatic rings. The van der Waals surface area contributed by atoms with E-state index in [-0.39, 0.29) is 0 Å². The zero-order chi connectivity index (χ0) is 17.6. The Morgan fingerprint density at radius 2 is 1.04 bits per heavy atom. The van der Waals surface area contributed by atoms with Crippen LogP contribution in [0.2, 0.25) is 0 Å². The summed E-state index contributed by atoms with van der Waals surface area (Å²) in [6.45, 7) is 2.25. The van der Waals surface area contributed by atoms with Crippen LogP contribution in [0.1, 0.15) is 6.92 Å². The van der Waals surface area contributed by atoms with Crippen molar-refractivity contribution in [2.75, 3.05) is 17.7 Å². The van der Waals surface area contributed by atoms with Gasteiger partial charge in [0, 0.05) is 0 Å². The molecule has 0 aromatic heterocycles. The average Bonchev–Trinajstić information content (AvgIpc) is 2.70. The van der Waals surface area contributed by atoms with Crippen molar-refractivity contribution in [3.63, 3.8) is 0 Å². The monoisotopic (exact) mass is 478 g/mol. The van der Waals surface area contributed by atoms with Gasteiger partial charge in [-0.3, -0.25) is 0 Å². The SMILES string of the molecule is CCSCCP(I)(c1ccccc1)(c1ccccc1)c1ccccc1. The van der Waals surface area contributed by atoms with Gasteiger partial charge in [-0.2, -0.15) is 0 Å². The quantitative estimate of drug-likeness (QED) is 0.241. The second kappa shape index (κ2) is 8.24. The maximum atomic E-state index is 2.86. The Hall–Kier alpha value is -0.830. The van der Waals surface area contributed by atoms with Crippen molar-refractivity contribution in [2.24, 2.45) is 0 Å². The number of hydrogen-bond acceptors (Lipinski definition) is 1. The van der Waals surface area contributed by atoms with Crippen molar-refractivity contribution in [1.29, 1.82) is 0 Å². The molecule has 3 rings (SSSR count). The van der Waals surface area contributed by atoms with Gasteiger partial charge in [0.2, 0.25) is 0 Å². The van der Waals surface area contributed by atoms with Gasteiger partial charge in [-0.15, -0.1) is 0 Å². The van der Waals surface area contributed by atoms with Gasteiger partial charge in [-0.05, 0) is 0 Å². The number of halogens is 1. The van der Waals surface area contributed by atoms with E-state index >= 15 is 0 Å². The van der Waals surface area contributed by atoms with Gasteiger partial charge >= 0.3 is 170 Å². The Morgan fingerprint density at radius 1 is 0.680 bits per heavy atom. The van der Waals surface area contributed by atoms with Crippen LogP contribution in [0.25, 0.3) is 0 Å². The molecule has 0 saturated carbocycles. The van der Waals surface area contributed by atoms with Crippen molar-refractivity contribution in [3.8, 4) is 0 Å². The first kappa shape index (κ1) is 18.9. The van der Waals surface area contributed by atoms with Gasteiger partial charge < -0.3 is 0 Å². The second-order valence-corrected chi connectivity index (χ2v) is 18.3. The van der Waals surface area contributed by atoms with Crippen molar-refractivity contribution in [2.45, 2.75) is 6.92 Å². The van der Waals surface area contributed by atoms with E-state index in [2.05, 4.69) is 120 Å². The first-order valence-electron chi connectivity index (χ1n) is 8.67. The molecule has 0 nitrogen and oxygen atoms in total. The summed E-state index contributed by atoms with van der Waals surface area (Å²) >= 11 is 4.91. The topological polar surface area (TPSA) is 0 Å². The van der Waals surface area contributed by atoms with Crippen LogP contribution in [0.15, 0.2) is 91.0 Å². The van der Waals surface area contributed by atoms with Gasteiger partial charge in [0.15, 0.2) is 0 Å². The van der Waals surface area contributed by atoms with Crippen LogP contribution in [0.3, 0.4) is 0 Å². The van der Waals surface area contributed by atoms with Crippen LogP contribution in [0.4, 0.5) is 0 Å². The number of rotatable bonds is 7. The molecule has 0 heterocycles. The van der Waals surface area contributed by atoms with E-state index < -0.39 is 4.25 Å². The summed E-state index contributed by atoms with van der Waals surface area (Å²) in [7, 11) is 0. The second-order valence-electron chi connectivity index (χ2n) is 6.11. The van der Waals surface area contributed by atoms with E-state index in [1.54, 1.807) is 0 Å². The van der Waals surface area contributed by atoms with Gasteiger partial charge in [-0.25, -0.2) is 0 Å². The fourth-order valence-corrected chi connectivity index (χ4v) is 14.3. The number of benzene rings is 3. The predicted molar refractivity (Wildman–Crippen MR) is 127 cm³/mol. The van der Waals surface area contributed by atoms with Crippen LogP contribution >= 0.6 is 38.0 Å². The normalized spacial score (nSPS) is 13.1. The predicted octanol–water partition coefficient (Wildman–Crippen LogP) is 5.62.